The molecule has 3 aromatic carbocycles. The largest absolute Gasteiger partial charge is 0.508 e. The van der Waals surface area contributed by atoms with Gasteiger partial charge in [-0.25, -0.2) is 4.99 Å². The van der Waals surface area contributed by atoms with Crippen LogP contribution in [0.25, 0.3) is 11.8 Å². The molecule has 6 rings (SSSR count). The second-order valence-electron chi connectivity index (χ2n) is 8.48. The molecule has 0 saturated carbocycles. The van der Waals surface area contributed by atoms with E-state index in [0.717, 1.165) is 46.6 Å². The molecule has 6 heteroatoms. The van der Waals surface area contributed by atoms with Gasteiger partial charge in [-0.1, -0.05) is 59.9 Å². The van der Waals surface area contributed by atoms with Crippen LogP contribution in [-0.2, 0) is 6.42 Å². The maximum absolute atomic E-state index is 13.7. The fourth-order valence-electron chi connectivity index (χ4n) is 4.86. The zero-order valence-corrected chi connectivity index (χ0v) is 19.4. The first-order chi connectivity index (χ1) is 16.6. The molecule has 34 heavy (non-hydrogen) atoms. The highest BCUT2D eigenvalue weighted by atomic mass is 32.1. The molecule has 1 atom stereocenters. The number of ether oxygens (including phenoxy) is 1. The first-order valence-electron chi connectivity index (χ1n) is 11.2. The van der Waals surface area contributed by atoms with E-state index < -0.39 is 0 Å². The van der Waals surface area contributed by atoms with Crippen LogP contribution in [0.1, 0.15) is 34.7 Å². The normalized spacial score (nSPS) is 17.0. The summed E-state index contributed by atoms with van der Waals surface area (Å²) in [5.41, 5.74) is 6.39. The van der Waals surface area contributed by atoms with E-state index in [1.165, 1.54) is 16.9 Å². The van der Waals surface area contributed by atoms with Crippen molar-refractivity contribution in [3.05, 3.63) is 120 Å². The summed E-state index contributed by atoms with van der Waals surface area (Å²) >= 11 is 1.40. The number of hydrogen-bond acceptors (Lipinski definition) is 5. The third kappa shape index (κ3) is 3.38. The molecule has 1 N–H and O–H groups in total. The Morgan fingerprint density at radius 1 is 1.06 bits per heavy atom. The zero-order valence-electron chi connectivity index (χ0n) is 18.6. The highest BCUT2D eigenvalue weighted by Crippen LogP contribution is 2.41. The molecule has 2 aliphatic rings. The predicted molar refractivity (Wildman–Crippen MR) is 134 cm³/mol. The van der Waals surface area contributed by atoms with Crippen LogP contribution in [-0.4, -0.2) is 16.8 Å². The van der Waals surface area contributed by atoms with Gasteiger partial charge in [0.25, 0.3) is 5.56 Å². The minimum atomic E-state index is -0.239. The molecule has 1 aliphatic carbocycles. The average molecular weight is 467 g/mol. The van der Waals surface area contributed by atoms with Gasteiger partial charge in [-0.3, -0.25) is 9.36 Å². The van der Waals surface area contributed by atoms with Crippen LogP contribution in [0, 0.1) is 0 Å². The Kier molecular flexibility index (Phi) is 4.96. The van der Waals surface area contributed by atoms with E-state index in [1.54, 1.807) is 31.4 Å². The Hall–Kier alpha value is -3.90. The molecule has 1 unspecified atom stereocenters. The summed E-state index contributed by atoms with van der Waals surface area (Å²) < 4.78 is 7.95. The maximum atomic E-state index is 13.7. The maximum Gasteiger partial charge on any atom is 0.271 e. The number of aromatic hydroxyl groups is 1. The third-order valence-corrected chi connectivity index (χ3v) is 7.46. The van der Waals surface area contributed by atoms with Crippen molar-refractivity contribution in [1.29, 1.82) is 0 Å². The van der Waals surface area contributed by atoms with E-state index in [-0.39, 0.29) is 17.4 Å². The van der Waals surface area contributed by atoms with Crippen molar-refractivity contribution in [2.75, 3.05) is 7.11 Å². The molecule has 0 spiro atoms. The first kappa shape index (κ1) is 20.7. The van der Waals surface area contributed by atoms with Gasteiger partial charge in [-0.15, -0.1) is 0 Å². The van der Waals surface area contributed by atoms with Crippen LogP contribution >= 0.6 is 11.3 Å². The number of aryl methyl sites for hydroxylation is 1. The van der Waals surface area contributed by atoms with Gasteiger partial charge >= 0.3 is 0 Å². The van der Waals surface area contributed by atoms with E-state index in [4.69, 9.17) is 9.73 Å². The highest BCUT2D eigenvalue weighted by molar-refractivity contribution is 7.07. The number of fused-ring (bicyclic) bond motifs is 3. The Morgan fingerprint density at radius 2 is 1.88 bits per heavy atom. The molecule has 1 aromatic heterocycles. The first-order valence-corrected chi connectivity index (χ1v) is 12.0. The number of hydrogen-bond donors (Lipinski definition) is 1. The topological polar surface area (TPSA) is 63.8 Å². The van der Waals surface area contributed by atoms with Crippen molar-refractivity contribution in [3.8, 4) is 11.5 Å². The number of phenols is 1. The third-order valence-electron chi connectivity index (χ3n) is 6.47. The lowest BCUT2D eigenvalue weighted by atomic mass is 9.83. The molecular formula is C28H22N2O3S. The molecule has 0 radical (unpaired) electrons. The molecule has 2 heterocycles. The van der Waals surface area contributed by atoms with Gasteiger partial charge < -0.3 is 9.84 Å². The number of benzene rings is 3. The molecule has 1 aliphatic heterocycles. The van der Waals surface area contributed by atoms with Crippen molar-refractivity contribution in [3.63, 3.8) is 0 Å². The van der Waals surface area contributed by atoms with Gasteiger partial charge in [-0.2, -0.15) is 0 Å². The Labute approximate surface area is 200 Å². The summed E-state index contributed by atoms with van der Waals surface area (Å²) in [7, 11) is 1.66. The molecular weight excluding hydrogens is 444 g/mol. The molecule has 0 bridgehead atoms. The molecule has 4 aromatic rings. The van der Waals surface area contributed by atoms with E-state index >= 15 is 0 Å². The number of methoxy groups -OCH3 is 1. The van der Waals surface area contributed by atoms with Gasteiger partial charge in [0.1, 0.15) is 11.5 Å². The number of phenolic OH excluding ortho intramolecular Hbond substituents is 1. The monoisotopic (exact) mass is 466 g/mol. The lowest BCUT2D eigenvalue weighted by Crippen LogP contribution is -2.38. The minimum absolute atomic E-state index is 0.0601. The smallest absolute Gasteiger partial charge is 0.271 e. The van der Waals surface area contributed by atoms with Crippen LogP contribution in [0.4, 0.5) is 0 Å². The second-order valence-corrected chi connectivity index (χ2v) is 9.49. The van der Waals surface area contributed by atoms with Crippen LogP contribution in [0.15, 0.2) is 88.2 Å². The van der Waals surface area contributed by atoms with E-state index in [2.05, 4.69) is 24.3 Å². The fraction of sp³-hybridized carbons (Fsp3) is 0.143. The molecule has 5 nitrogen and oxygen atoms in total. The molecule has 0 fully saturated rings. The van der Waals surface area contributed by atoms with Crippen LogP contribution in [0.2, 0.25) is 0 Å². The number of allylic oxidation sites excluding steroid dienone is 1. The predicted octanol–water partition coefficient (Wildman–Crippen LogP) is 4.03. The van der Waals surface area contributed by atoms with Crippen LogP contribution < -0.4 is 19.6 Å². The summed E-state index contributed by atoms with van der Waals surface area (Å²) in [5, 5.41) is 9.60. The van der Waals surface area contributed by atoms with E-state index in [1.807, 2.05) is 34.9 Å². The Balaban J connectivity index is 1.62. The summed E-state index contributed by atoms with van der Waals surface area (Å²) in [6.45, 7) is 0. The van der Waals surface area contributed by atoms with Crippen molar-refractivity contribution in [2.45, 2.75) is 18.9 Å². The summed E-state index contributed by atoms with van der Waals surface area (Å²) in [5.74, 6) is 0.960. The summed E-state index contributed by atoms with van der Waals surface area (Å²) in [6, 6.07) is 23.0. The standard InChI is InChI=1S/C28H22N2O3S/c1-33-21-7-4-6-19(16-21)26-23-14-11-18-5-2-3-8-22(18)25(23)29-28-30(26)27(32)24(34-28)15-17-9-12-20(31)13-10-17/h2-10,12-13,15-16,26,31H,11,14H2,1H3. The summed E-state index contributed by atoms with van der Waals surface area (Å²) in [4.78, 5) is 19.4. The van der Waals surface area contributed by atoms with Crippen molar-refractivity contribution in [1.82, 2.24) is 4.57 Å². The SMILES string of the molecule is COc1cccc(C2C3=C(N=c4sc(=Cc5ccc(O)cc5)c(=O)n42)c2ccccc2CC3)c1. The summed E-state index contributed by atoms with van der Waals surface area (Å²) in [6.07, 6.45) is 3.63. The average Bonchev–Trinajstić information content (AvgIpc) is 3.18. The number of aromatic nitrogens is 1. The van der Waals surface area contributed by atoms with Gasteiger partial charge in [0, 0.05) is 5.56 Å². The van der Waals surface area contributed by atoms with Gasteiger partial charge in [0.15, 0.2) is 4.80 Å². The van der Waals surface area contributed by atoms with E-state index in [0.29, 0.717) is 9.33 Å². The lowest BCUT2D eigenvalue weighted by molar-refractivity contribution is 0.413. The van der Waals surface area contributed by atoms with Crippen molar-refractivity contribution in [2.24, 2.45) is 4.99 Å². The lowest BCUT2D eigenvalue weighted by Gasteiger charge is -2.31. The van der Waals surface area contributed by atoms with Crippen LogP contribution in [0.5, 0.6) is 11.5 Å². The van der Waals surface area contributed by atoms with Gasteiger partial charge in [0.2, 0.25) is 0 Å². The minimum Gasteiger partial charge on any atom is -0.508 e. The Morgan fingerprint density at radius 3 is 2.71 bits per heavy atom. The van der Waals surface area contributed by atoms with Gasteiger partial charge in [0.05, 0.1) is 23.4 Å². The van der Waals surface area contributed by atoms with E-state index in [9.17, 15) is 9.90 Å². The van der Waals surface area contributed by atoms with Gasteiger partial charge in [-0.05, 0) is 65.4 Å². The molecule has 0 amide bonds. The van der Waals surface area contributed by atoms with Crippen molar-refractivity contribution < 1.29 is 9.84 Å². The second kappa shape index (κ2) is 8.15. The number of thiazole rings is 1. The highest BCUT2D eigenvalue weighted by Gasteiger charge is 2.32. The van der Waals surface area contributed by atoms with Crippen molar-refractivity contribution >= 4 is 23.1 Å². The number of rotatable bonds is 3. The number of nitrogens with zero attached hydrogens (tertiary/aromatic N) is 2. The fourth-order valence-corrected chi connectivity index (χ4v) is 5.86. The quantitative estimate of drug-likeness (QED) is 0.496. The zero-order chi connectivity index (χ0) is 23.2. The van der Waals surface area contributed by atoms with Crippen LogP contribution in [0.3, 0.4) is 0 Å². The molecule has 168 valence electrons. The Bertz CT molecular complexity index is 1630. The molecule has 0 saturated heterocycles.